The van der Waals surface area contributed by atoms with Gasteiger partial charge < -0.3 is 15.5 Å². The van der Waals surface area contributed by atoms with Crippen molar-refractivity contribution in [3.8, 4) is 9.88 Å². The van der Waals surface area contributed by atoms with Crippen molar-refractivity contribution in [1.29, 1.82) is 0 Å². The summed E-state index contributed by atoms with van der Waals surface area (Å²) in [6.45, 7) is 5.85. The van der Waals surface area contributed by atoms with Gasteiger partial charge in [-0.1, -0.05) is 23.8 Å². The number of piperidine rings is 1. The van der Waals surface area contributed by atoms with Gasteiger partial charge in [0, 0.05) is 25.3 Å². The van der Waals surface area contributed by atoms with Crippen LogP contribution in [0.4, 0.5) is 10.5 Å². The third-order valence-electron chi connectivity index (χ3n) is 5.39. The Hall–Kier alpha value is -2.71. The van der Waals surface area contributed by atoms with E-state index in [1.165, 1.54) is 11.3 Å². The lowest BCUT2D eigenvalue weighted by Crippen LogP contribution is -2.44. The number of urea groups is 1. The van der Waals surface area contributed by atoms with Crippen LogP contribution in [0.1, 0.15) is 33.8 Å². The Morgan fingerprint density at radius 2 is 2.00 bits per heavy atom. The fourth-order valence-electron chi connectivity index (χ4n) is 3.71. The number of carbonyl (C=O) groups is 2. The fraction of sp³-hybridized carbons (Fsp3) is 0.348. The average Bonchev–Trinajstić information content (AvgIpc) is 3.43. The molecule has 31 heavy (non-hydrogen) atoms. The molecule has 1 unspecified atom stereocenters. The molecule has 2 aromatic heterocycles. The molecule has 1 atom stereocenters. The summed E-state index contributed by atoms with van der Waals surface area (Å²) < 4.78 is 0. The first-order valence-electron chi connectivity index (χ1n) is 10.4. The van der Waals surface area contributed by atoms with E-state index in [2.05, 4.69) is 15.6 Å². The number of thiazole rings is 1. The molecule has 162 valence electrons. The van der Waals surface area contributed by atoms with Gasteiger partial charge in [0.25, 0.3) is 5.91 Å². The van der Waals surface area contributed by atoms with Gasteiger partial charge in [0.1, 0.15) is 9.88 Å². The van der Waals surface area contributed by atoms with Gasteiger partial charge in [-0.3, -0.25) is 4.79 Å². The second-order valence-electron chi connectivity index (χ2n) is 7.87. The van der Waals surface area contributed by atoms with Crippen molar-refractivity contribution in [2.45, 2.75) is 26.7 Å². The molecule has 4 rings (SSSR count). The van der Waals surface area contributed by atoms with Gasteiger partial charge in [-0.25, -0.2) is 9.78 Å². The van der Waals surface area contributed by atoms with E-state index in [0.717, 1.165) is 46.2 Å². The highest BCUT2D eigenvalue weighted by molar-refractivity contribution is 7.22. The molecule has 1 aliphatic rings. The monoisotopic (exact) mass is 454 g/mol. The number of anilines is 1. The second-order valence-corrected chi connectivity index (χ2v) is 9.82. The highest BCUT2D eigenvalue weighted by atomic mass is 32.1. The van der Waals surface area contributed by atoms with Crippen molar-refractivity contribution >= 4 is 40.3 Å². The van der Waals surface area contributed by atoms with Gasteiger partial charge in [0.2, 0.25) is 0 Å². The average molecular weight is 455 g/mol. The van der Waals surface area contributed by atoms with Crippen molar-refractivity contribution in [2.75, 3.05) is 25.0 Å². The summed E-state index contributed by atoms with van der Waals surface area (Å²) in [5.74, 6) is 0.290. The molecule has 1 saturated heterocycles. The standard InChI is InChI=1S/C23H26N4O2S2/c1-15-7-9-18(10-8-15)26-23(29)24-13-17-5-3-11-27(14-17)22(28)20-16(2)25-21(31-20)19-6-4-12-30-19/h4,6-10,12,17H,3,5,11,13-14H2,1-2H3,(H2,24,26,29). The number of thiophene rings is 1. The molecule has 0 bridgehead atoms. The number of rotatable bonds is 5. The molecular weight excluding hydrogens is 428 g/mol. The molecule has 2 N–H and O–H groups in total. The largest absolute Gasteiger partial charge is 0.338 e. The molecule has 0 aliphatic carbocycles. The summed E-state index contributed by atoms with van der Waals surface area (Å²) in [6, 6.07) is 11.5. The van der Waals surface area contributed by atoms with Crippen LogP contribution < -0.4 is 10.6 Å². The molecule has 8 heteroatoms. The normalized spacial score (nSPS) is 16.2. The zero-order valence-electron chi connectivity index (χ0n) is 17.7. The fourth-order valence-corrected chi connectivity index (χ4v) is 5.54. The van der Waals surface area contributed by atoms with E-state index >= 15 is 0 Å². The SMILES string of the molecule is Cc1ccc(NC(=O)NCC2CCCN(C(=O)c3sc(-c4cccs4)nc3C)C2)cc1. The Morgan fingerprint density at radius 3 is 2.74 bits per heavy atom. The van der Waals surface area contributed by atoms with Crippen LogP contribution in [0.15, 0.2) is 41.8 Å². The molecule has 3 aromatic rings. The van der Waals surface area contributed by atoms with E-state index in [1.807, 2.05) is 60.5 Å². The third-order valence-corrected chi connectivity index (χ3v) is 7.57. The second kappa shape index (κ2) is 9.62. The Balaban J connectivity index is 1.32. The first-order valence-corrected chi connectivity index (χ1v) is 12.1. The van der Waals surface area contributed by atoms with E-state index in [9.17, 15) is 9.59 Å². The maximum atomic E-state index is 13.2. The van der Waals surface area contributed by atoms with Crippen LogP contribution in [0.5, 0.6) is 0 Å². The van der Waals surface area contributed by atoms with Gasteiger partial charge >= 0.3 is 6.03 Å². The van der Waals surface area contributed by atoms with Crippen LogP contribution in [-0.4, -0.2) is 41.5 Å². The predicted molar refractivity (Wildman–Crippen MR) is 127 cm³/mol. The van der Waals surface area contributed by atoms with Gasteiger partial charge in [0.15, 0.2) is 0 Å². The number of benzene rings is 1. The molecule has 0 spiro atoms. The summed E-state index contributed by atoms with van der Waals surface area (Å²) in [4.78, 5) is 33.7. The number of nitrogens with zero attached hydrogens (tertiary/aromatic N) is 2. The summed E-state index contributed by atoms with van der Waals surface area (Å²) in [7, 11) is 0. The van der Waals surface area contributed by atoms with Gasteiger partial charge in [-0.2, -0.15) is 0 Å². The minimum absolute atomic E-state index is 0.0478. The lowest BCUT2D eigenvalue weighted by Gasteiger charge is -2.32. The van der Waals surface area contributed by atoms with Gasteiger partial charge in [0.05, 0.1) is 10.6 Å². The smallest absolute Gasteiger partial charge is 0.319 e. The van der Waals surface area contributed by atoms with Crippen molar-refractivity contribution in [3.05, 3.63) is 57.9 Å². The maximum absolute atomic E-state index is 13.2. The minimum atomic E-state index is -0.216. The molecule has 3 heterocycles. The Labute approximate surface area is 190 Å². The third kappa shape index (κ3) is 5.32. The van der Waals surface area contributed by atoms with Gasteiger partial charge in [-0.05, 0) is 56.2 Å². The van der Waals surface area contributed by atoms with Crippen LogP contribution in [0.25, 0.3) is 9.88 Å². The highest BCUT2D eigenvalue weighted by Crippen LogP contribution is 2.32. The maximum Gasteiger partial charge on any atom is 0.319 e. The molecule has 1 aromatic carbocycles. The number of hydrogen-bond donors (Lipinski definition) is 2. The topological polar surface area (TPSA) is 74.3 Å². The number of likely N-dealkylation sites (tertiary alicyclic amines) is 1. The Kier molecular flexibility index (Phi) is 6.67. The number of aromatic nitrogens is 1. The van der Waals surface area contributed by atoms with Crippen LogP contribution in [0.2, 0.25) is 0 Å². The molecule has 0 radical (unpaired) electrons. The Morgan fingerprint density at radius 1 is 1.19 bits per heavy atom. The predicted octanol–water partition coefficient (Wildman–Crippen LogP) is 5.16. The van der Waals surface area contributed by atoms with Crippen LogP contribution in [0.3, 0.4) is 0 Å². The van der Waals surface area contributed by atoms with Crippen molar-refractivity contribution in [1.82, 2.24) is 15.2 Å². The number of amides is 3. The van der Waals surface area contributed by atoms with E-state index in [4.69, 9.17) is 0 Å². The molecular formula is C23H26N4O2S2. The number of carbonyl (C=O) groups excluding carboxylic acids is 2. The molecule has 6 nitrogen and oxygen atoms in total. The molecule has 0 saturated carbocycles. The van der Waals surface area contributed by atoms with Crippen molar-refractivity contribution in [2.24, 2.45) is 5.92 Å². The minimum Gasteiger partial charge on any atom is -0.338 e. The van der Waals surface area contributed by atoms with E-state index in [0.29, 0.717) is 18.0 Å². The van der Waals surface area contributed by atoms with E-state index < -0.39 is 0 Å². The number of hydrogen-bond acceptors (Lipinski definition) is 5. The summed E-state index contributed by atoms with van der Waals surface area (Å²) in [5.41, 5.74) is 2.71. The molecule has 3 amide bonds. The summed E-state index contributed by atoms with van der Waals surface area (Å²) in [6.07, 6.45) is 1.93. The highest BCUT2D eigenvalue weighted by Gasteiger charge is 2.27. The summed E-state index contributed by atoms with van der Waals surface area (Å²) in [5, 5.41) is 8.73. The molecule has 1 aliphatic heterocycles. The Bertz CT molecular complexity index is 1040. The lowest BCUT2D eigenvalue weighted by atomic mass is 9.98. The van der Waals surface area contributed by atoms with Gasteiger partial charge in [-0.15, -0.1) is 22.7 Å². The van der Waals surface area contributed by atoms with E-state index in [1.54, 1.807) is 11.3 Å². The zero-order valence-corrected chi connectivity index (χ0v) is 19.3. The summed E-state index contributed by atoms with van der Waals surface area (Å²) >= 11 is 3.10. The van der Waals surface area contributed by atoms with Crippen LogP contribution in [-0.2, 0) is 0 Å². The first kappa shape index (κ1) is 21.5. The molecule has 1 fully saturated rings. The van der Waals surface area contributed by atoms with Crippen molar-refractivity contribution < 1.29 is 9.59 Å². The number of nitrogens with one attached hydrogen (secondary N) is 2. The van der Waals surface area contributed by atoms with Crippen molar-refractivity contribution in [3.63, 3.8) is 0 Å². The van der Waals surface area contributed by atoms with Crippen LogP contribution in [0, 0.1) is 19.8 Å². The number of aryl methyl sites for hydroxylation is 2. The zero-order chi connectivity index (χ0) is 21.8. The lowest BCUT2D eigenvalue weighted by molar-refractivity contribution is 0.0679. The van der Waals surface area contributed by atoms with Crippen LogP contribution >= 0.6 is 22.7 Å². The van der Waals surface area contributed by atoms with E-state index in [-0.39, 0.29) is 17.9 Å². The first-order chi connectivity index (χ1) is 15.0. The quantitative estimate of drug-likeness (QED) is 0.559.